The Hall–Kier alpha value is -2.40. The zero-order chi connectivity index (χ0) is 19.6. The van der Waals surface area contributed by atoms with E-state index in [1.54, 1.807) is 0 Å². The minimum absolute atomic E-state index is 0. The monoisotopic (exact) mass is 506 g/mol. The van der Waals surface area contributed by atoms with E-state index in [1.807, 2.05) is 0 Å². The molecule has 0 radical (unpaired) electrons. The average molecular weight is 506 g/mol. The summed E-state index contributed by atoms with van der Waals surface area (Å²) < 4.78 is 4.89. The van der Waals surface area contributed by atoms with Crippen LogP contribution in [-0.4, -0.2) is 4.57 Å². The number of pyridine rings is 1. The van der Waals surface area contributed by atoms with Crippen molar-refractivity contribution in [3.63, 3.8) is 0 Å². The van der Waals surface area contributed by atoms with Crippen molar-refractivity contribution >= 4 is 32.8 Å². The fraction of sp³-hybridized carbons (Fsp3) is 0.222. The van der Waals surface area contributed by atoms with Gasteiger partial charge in [-0.2, -0.15) is 4.57 Å². The molecule has 2 nitrogen and oxygen atoms in total. The minimum Gasteiger partial charge on any atom is -1.00 e. The molecule has 0 saturated heterocycles. The number of rotatable bonds is 6. The first-order valence-corrected chi connectivity index (χ1v) is 10.7. The van der Waals surface area contributed by atoms with Crippen LogP contribution in [0, 0.1) is 0 Å². The van der Waals surface area contributed by atoms with Crippen molar-refractivity contribution < 1.29 is 28.5 Å². The zero-order valence-electron chi connectivity index (χ0n) is 17.4. The standard InChI is InChI=1S/C27H27N2.HI/c1-28-25-18-10-8-16-23(25)27-26(28)20-22-15-7-9-17-24(22)29(27)19-11-3-6-14-21-12-4-2-5-13-21;/h2,4-5,7-10,12-13,15-18,20H,3,6,11,14,19H2,1H3;1H/q+1;/p-1. The maximum Gasteiger partial charge on any atom is 0.239 e. The molecule has 0 bridgehead atoms. The lowest BCUT2D eigenvalue weighted by atomic mass is 10.1. The zero-order valence-corrected chi connectivity index (χ0v) is 19.5. The summed E-state index contributed by atoms with van der Waals surface area (Å²) in [6.07, 6.45) is 4.86. The molecule has 0 spiro atoms. The van der Waals surface area contributed by atoms with Crippen molar-refractivity contribution in [3.05, 3.63) is 90.5 Å². The highest BCUT2D eigenvalue weighted by atomic mass is 127. The van der Waals surface area contributed by atoms with Crippen molar-refractivity contribution in [2.24, 2.45) is 7.05 Å². The van der Waals surface area contributed by atoms with E-state index in [9.17, 15) is 0 Å². The summed E-state index contributed by atoms with van der Waals surface area (Å²) >= 11 is 0. The number of aromatic nitrogens is 2. The molecule has 0 aliphatic heterocycles. The van der Waals surface area contributed by atoms with Crippen LogP contribution in [-0.2, 0) is 20.0 Å². The minimum atomic E-state index is 0. The number of fused-ring (bicyclic) bond motifs is 4. The van der Waals surface area contributed by atoms with Gasteiger partial charge in [0.1, 0.15) is 12.1 Å². The summed E-state index contributed by atoms with van der Waals surface area (Å²) in [7, 11) is 2.18. The predicted molar refractivity (Wildman–Crippen MR) is 122 cm³/mol. The van der Waals surface area contributed by atoms with Gasteiger partial charge in [-0.1, -0.05) is 54.6 Å². The Morgan fingerprint density at radius 3 is 2.33 bits per heavy atom. The Balaban J connectivity index is 0.00000218. The second-order valence-electron chi connectivity index (χ2n) is 7.96. The number of unbranched alkanes of at least 4 members (excludes halogenated alkanes) is 2. The van der Waals surface area contributed by atoms with Crippen molar-refractivity contribution in [3.8, 4) is 0 Å². The summed E-state index contributed by atoms with van der Waals surface area (Å²) in [6, 6.07) is 30.8. The van der Waals surface area contributed by atoms with Gasteiger partial charge in [-0.25, -0.2) is 0 Å². The summed E-state index contributed by atoms with van der Waals surface area (Å²) in [5.74, 6) is 0. The van der Waals surface area contributed by atoms with Crippen LogP contribution in [0.3, 0.4) is 0 Å². The molecule has 30 heavy (non-hydrogen) atoms. The highest BCUT2D eigenvalue weighted by molar-refractivity contribution is 6.06. The van der Waals surface area contributed by atoms with Crippen LogP contribution in [0.5, 0.6) is 0 Å². The molecular weight excluding hydrogens is 479 g/mol. The van der Waals surface area contributed by atoms with Crippen LogP contribution in [0.25, 0.3) is 32.8 Å². The smallest absolute Gasteiger partial charge is 0.239 e. The van der Waals surface area contributed by atoms with E-state index in [0.29, 0.717) is 0 Å². The van der Waals surface area contributed by atoms with E-state index in [4.69, 9.17) is 0 Å². The molecule has 0 unspecified atom stereocenters. The van der Waals surface area contributed by atoms with Gasteiger partial charge in [0.15, 0.2) is 0 Å². The van der Waals surface area contributed by atoms with Gasteiger partial charge in [0, 0.05) is 24.9 Å². The molecule has 0 aliphatic rings. The summed E-state index contributed by atoms with van der Waals surface area (Å²) in [5, 5.41) is 2.66. The largest absolute Gasteiger partial charge is 1.00 e. The number of hydrogen-bond donors (Lipinski definition) is 0. The third-order valence-corrected chi connectivity index (χ3v) is 6.10. The van der Waals surface area contributed by atoms with Crippen LogP contribution in [0.1, 0.15) is 24.8 Å². The lowest BCUT2D eigenvalue weighted by molar-refractivity contribution is -0.645. The first kappa shape index (κ1) is 20.9. The molecule has 0 fully saturated rings. The third kappa shape index (κ3) is 3.83. The van der Waals surface area contributed by atoms with Gasteiger partial charge in [0.25, 0.3) is 0 Å². The topological polar surface area (TPSA) is 8.81 Å². The predicted octanol–water partition coefficient (Wildman–Crippen LogP) is 3.19. The fourth-order valence-electron chi connectivity index (χ4n) is 4.62. The van der Waals surface area contributed by atoms with Gasteiger partial charge in [-0.3, -0.25) is 0 Å². The van der Waals surface area contributed by atoms with Crippen LogP contribution >= 0.6 is 0 Å². The number of nitrogens with zero attached hydrogens (tertiary/aromatic N) is 2. The van der Waals surface area contributed by atoms with Gasteiger partial charge in [-0.15, -0.1) is 0 Å². The Bertz CT molecular complexity index is 1290. The van der Waals surface area contributed by atoms with E-state index in [-0.39, 0.29) is 24.0 Å². The fourth-order valence-corrected chi connectivity index (χ4v) is 4.62. The van der Waals surface area contributed by atoms with E-state index < -0.39 is 0 Å². The molecule has 152 valence electrons. The summed E-state index contributed by atoms with van der Waals surface area (Å²) in [4.78, 5) is 0. The Morgan fingerprint density at radius 1 is 0.733 bits per heavy atom. The lowest BCUT2D eigenvalue weighted by Gasteiger charge is -2.05. The molecule has 0 saturated carbocycles. The SMILES string of the molecule is Cn1c2ccccc2c2c1cc1ccccc1[n+]2CCCCCc1ccccc1.[I-]. The molecule has 3 aromatic carbocycles. The summed E-state index contributed by atoms with van der Waals surface area (Å²) in [6.45, 7) is 1.06. The second-order valence-corrected chi connectivity index (χ2v) is 7.96. The van der Waals surface area contributed by atoms with Crippen LogP contribution in [0.2, 0.25) is 0 Å². The van der Waals surface area contributed by atoms with Crippen molar-refractivity contribution in [2.75, 3.05) is 0 Å². The Morgan fingerprint density at radius 2 is 1.47 bits per heavy atom. The van der Waals surface area contributed by atoms with E-state index in [1.165, 1.54) is 64.1 Å². The van der Waals surface area contributed by atoms with Crippen molar-refractivity contribution in [1.82, 2.24) is 4.57 Å². The van der Waals surface area contributed by atoms with Crippen LogP contribution < -0.4 is 28.5 Å². The van der Waals surface area contributed by atoms with E-state index in [2.05, 4.69) is 101 Å². The van der Waals surface area contributed by atoms with Gasteiger partial charge in [-0.05, 0) is 49.1 Å². The average Bonchev–Trinajstić information content (AvgIpc) is 3.06. The number of benzene rings is 3. The maximum absolute atomic E-state index is 2.55. The van der Waals surface area contributed by atoms with Gasteiger partial charge >= 0.3 is 0 Å². The first-order chi connectivity index (χ1) is 14.3. The molecule has 0 aliphatic carbocycles. The number of para-hydroxylation sites is 2. The van der Waals surface area contributed by atoms with Crippen molar-refractivity contribution in [2.45, 2.75) is 32.2 Å². The number of aryl methyl sites for hydroxylation is 3. The molecule has 2 heterocycles. The molecule has 5 rings (SSSR count). The number of hydrogen-bond acceptors (Lipinski definition) is 0. The lowest BCUT2D eigenvalue weighted by Crippen LogP contribution is -3.00. The van der Waals surface area contributed by atoms with Crippen LogP contribution in [0.4, 0.5) is 0 Å². The summed E-state index contributed by atoms with van der Waals surface area (Å²) in [5.41, 5.74) is 6.76. The highest BCUT2D eigenvalue weighted by Gasteiger charge is 2.21. The van der Waals surface area contributed by atoms with Crippen molar-refractivity contribution in [1.29, 1.82) is 0 Å². The van der Waals surface area contributed by atoms with Gasteiger partial charge < -0.3 is 28.5 Å². The molecule has 0 atom stereocenters. The van der Waals surface area contributed by atoms with Gasteiger partial charge in [0.2, 0.25) is 11.0 Å². The molecule has 2 aromatic heterocycles. The second kappa shape index (κ2) is 9.17. The van der Waals surface area contributed by atoms with Gasteiger partial charge in [0.05, 0.1) is 10.9 Å². The quantitative estimate of drug-likeness (QED) is 0.190. The Labute approximate surface area is 195 Å². The highest BCUT2D eigenvalue weighted by Crippen LogP contribution is 2.28. The molecule has 3 heteroatoms. The molecule has 0 N–H and O–H groups in total. The first-order valence-electron chi connectivity index (χ1n) is 10.7. The molecule has 0 amide bonds. The van der Waals surface area contributed by atoms with Crippen LogP contribution in [0.15, 0.2) is 84.9 Å². The molecule has 5 aromatic rings. The third-order valence-electron chi connectivity index (χ3n) is 6.10. The number of halogens is 1. The normalized spacial score (nSPS) is 11.2. The maximum atomic E-state index is 2.55. The van der Waals surface area contributed by atoms with E-state index in [0.717, 1.165) is 6.54 Å². The Kier molecular flexibility index (Phi) is 6.38. The molecular formula is C27H27IN2. The van der Waals surface area contributed by atoms with E-state index >= 15 is 0 Å².